The first-order valence-electron chi connectivity index (χ1n) is 5.84. The molecule has 1 aromatic rings. The molecule has 1 rings (SSSR count). The summed E-state index contributed by atoms with van der Waals surface area (Å²) in [6.07, 6.45) is 0. The Labute approximate surface area is 112 Å². The molecule has 1 unspecified atom stereocenters. The van der Waals surface area contributed by atoms with Gasteiger partial charge in [0.1, 0.15) is 5.75 Å². The van der Waals surface area contributed by atoms with Gasteiger partial charge >= 0.3 is 5.97 Å². The highest BCUT2D eigenvalue weighted by molar-refractivity contribution is 5.94. The zero-order chi connectivity index (χ0) is 14.3. The van der Waals surface area contributed by atoms with Crippen LogP contribution in [0.2, 0.25) is 0 Å². The van der Waals surface area contributed by atoms with Crippen molar-refractivity contribution in [1.29, 1.82) is 0 Å². The highest BCUT2D eigenvalue weighted by atomic mass is 16.6. The molecule has 6 nitrogen and oxygen atoms in total. The number of esters is 1. The summed E-state index contributed by atoms with van der Waals surface area (Å²) >= 11 is 0. The highest BCUT2D eigenvalue weighted by Gasteiger charge is 2.10. The van der Waals surface area contributed by atoms with Crippen LogP contribution in [0.1, 0.15) is 6.92 Å². The zero-order valence-electron chi connectivity index (χ0n) is 11.2. The number of ether oxygens (including phenoxy) is 2. The van der Waals surface area contributed by atoms with E-state index >= 15 is 0 Å². The van der Waals surface area contributed by atoms with E-state index in [4.69, 9.17) is 4.74 Å². The Balaban J connectivity index is 2.52. The number of hydrogen-bond acceptors (Lipinski definition) is 5. The minimum atomic E-state index is -0.444. The minimum absolute atomic E-state index is 0.120. The summed E-state index contributed by atoms with van der Waals surface area (Å²) in [5, 5.41) is 5.59. The topological polar surface area (TPSA) is 76.7 Å². The quantitative estimate of drug-likeness (QED) is 0.744. The average molecular weight is 266 g/mol. The molecule has 0 fully saturated rings. The van der Waals surface area contributed by atoms with Crippen molar-refractivity contribution in [2.24, 2.45) is 0 Å². The van der Waals surface area contributed by atoms with E-state index in [9.17, 15) is 9.59 Å². The molecule has 0 aromatic heterocycles. The summed E-state index contributed by atoms with van der Waals surface area (Å²) in [4.78, 5) is 22.5. The number of carbonyl (C=O) groups excluding carboxylic acids is 2. The molecular weight excluding hydrogens is 248 g/mol. The number of amides is 1. The molecule has 104 valence electrons. The van der Waals surface area contributed by atoms with Gasteiger partial charge in [0, 0.05) is 5.69 Å². The van der Waals surface area contributed by atoms with Gasteiger partial charge in [0.2, 0.25) is 5.91 Å². The van der Waals surface area contributed by atoms with Crippen LogP contribution in [0.15, 0.2) is 24.3 Å². The van der Waals surface area contributed by atoms with Crippen LogP contribution in [0.5, 0.6) is 5.75 Å². The summed E-state index contributed by atoms with van der Waals surface area (Å²) in [5.74, 6) is -0.0315. The van der Waals surface area contributed by atoms with Gasteiger partial charge < -0.3 is 20.1 Å². The third-order valence-corrected chi connectivity index (χ3v) is 2.53. The van der Waals surface area contributed by atoms with Crippen LogP contribution in [0.25, 0.3) is 0 Å². The molecule has 0 aliphatic heterocycles. The molecule has 2 N–H and O–H groups in total. The van der Waals surface area contributed by atoms with Crippen molar-refractivity contribution in [3.63, 3.8) is 0 Å². The van der Waals surface area contributed by atoms with Crippen LogP contribution in [0.4, 0.5) is 5.69 Å². The Hall–Kier alpha value is -2.08. The number of anilines is 1. The molecule has 0 heterocycles. The largest absolute Gasteiger partial charge is 0.482 e. The Bertz CT molecular complexity index is 431. The maximum Gasteiger partial charge on any atom is 0.343 e. The second-order valence-electron chi connectivity index (χ2n) is 3.89. The van der Waals surface area contributed by atoms with Crippen molar-refractivity contribution in [3.8, 4) is 5.75 Å². The van der Waals surface area contributed by atoms with E-state index in [0.717, 1.165) is 0 Å². The summed E-state index contributed by atoms with van der Waals surface area (Å²) in [6, 6.07) is 6.47. The molecule has 0 saturated heterocycles. The molecule has 0 bridgehead atoms. The summed E-state index contributed by atoms with van der Waals surface area (Å²) in [5.41, 5.74) is 0.664. The molecule has 0 aliphatic carbocycles. The van der Waals surface area contributed by atoms with E-state index in [0.29, 0.717) is 11.4 Å². The van der Waals surface area contributed by atoms with Crippen LogP contribution in [-0.4, -0.2) is 38.7 Å². The standard InChI is InChI=1S/C13H18N2O4/c1-9(14-2)13(17)15-10-4-6-11(7-5-10)19-8-12(16)18-3/h4-7,9,14H,8H2,1-3H3,(H,15,17). The van der Waals surface area contributed by atoms with Crippen LogP contribution in [-0.2, 0) is 14.3 Å². The van der Waals surface area contributed by atoms with Gasteiger partial charge in [0.05, 0.1) is 13.2 Å². The van der Waals surface area contributed by atoms with Gasteiger partial charge in [-0.15, -0.1) is 0 Å². The zero-order valence-corrected chi connectivity index (χ0v) is 11.2. The lowest BCUT2D eigenvalue weighted by Gasteiger charge is -2.11. The summed E-state index contributed by atoms with van der Waals surface area (Å²) in [7, 11) is 3.02. The Morgan fingerprint density at radius 3 is 2.42 bits per heavy atom. The molecule has 0 saturated carbocycles. The van der Waals surface area contributed by atoms with Gasteiger partial charge in [0.25, 0.3) is 0 Å². The highest BCUT2D eigenvalue weighted by Crippen LogP contribution is 2.15. The van der Waals surface area contributed by atoms with E-state index in [-0.39, 0.29) is 18.6 Å². The molecule has 1 aromatic carbocycles. The lowest BCUT2D eigenvalue weighted by Crippen LogP contribution is -2.35. The van der Waals surface area contributed by atoms with Crippen molar-refractivity contribution in [2.45, 2.75) is 13.0 Å². The molecule has 19 heavy (non-hydrogen) atoms. The van der Waals surface area contributed by atoms with Crippen LogP contribution < -0.4 is 15.4 Å². The number of methoxy groups -OCH3 is 1. The van der Waals surface area contributed by atoms with Crippen LogP contribution >= 0.6 is 0 Å². The van der Waals surface area contributed by atoms with E-state index < -0.39 is 5.97 Å². The third-order valence-electron chi connectivity index (χ3n) is 2.53. The fraction of sp³-hybridized carbons (Fsp3) is 0.385. The van der Waals surface area contributed by atoms with Gasteiger partial charge in [0.15, 0.2) is 6.61 Å². The van der Waals surface area contributed by atoms with Gasteiger partial charge in [-0.05, 0) is 38.2 Å². The minimum Gasteiger partial charge on any atom is -0.482 e. The molecular formula is C13H18N2O4. The predicted molar refractivity (Wildman–Crippen MR) is 71.1 cm³/mol. The van der Waals surface area contributed by atoms with Gasteiger partial charge in [-0.1, -0.05) is 0 Å². The normalized spacial score (nSPS) is 11.5. The number of nitrogens with one attached hydrogen (secondary N) is 2. The second-order valence-corrected chi connectivity index (χ2v) is 3.89. The number of benzene rings is 1. The SMILES string of the molecule is CNC(C)C(=O)Nc1ccc(OCC(=O)OC)cc1. The van der Waals surface area contributed by atoms with Crippen LogP contribution in [0.3, 0.4) is 0 Å². The fourth-order valence-corrected chi connectivity index (χ4v) is 1.22. The van der Waals surface area contributed by atoms with Crippen molar-refractivity contribution < 1.29 is 19.1 Å². The average Bonchev–Trinajstić information content (AvgIpc) is 2.45. The first-order valence-corrected chi connectivity index (χ1v) is 5.84. The Morgan fingerprint density at radius 1 is 1.26 bits per heavy atom. The molecule has 1 amide bonds. The van der Waals surface area contributed by atoms with Crippen molar-refractivity contribution >= 4 is 17.6 Å². The third kappa shape index (κ3) is 4.97. The van der Waals surface area contributed by atoms with E-state index in [1.54, 1.807) is 38.2 Å². The second kappa shape index (κ2) is 7.38. The maximum absolute atomic E-state index is 11.6. The van der Waals surface area contributed by atoms with E-state index in [1.807, 2.05) is 0 Å². The first-order chi connectivity index (χ1) is 9.06. The smallest absolute Gasteiger partial charge is 0.343 e. The van der Waals surface area contributed by atoms with Crippen molar-refractivity contribution in [2.75, 3.05) is 26.1 Å². The van der Waals surface area contributed by atoms with Crippen LogP contribution in [0, 0.1) is 0 Å². The van der Waals surface area contributed by atoms with E-state index in [2.05, 4.69) is 15.4 Å². The van der Waals surface area contributed by atoms with E-state index in [1.165, 1.54) is 7.11 Å². The summed E-state index contributed by atoms with van der Waals surface area (Å²) in [6.45, 7) is 1.63. The number of likely N-dealkylation sites (N-methyl/N-ethyl adjacent to an activating group) is 1. The summed E-state index contributed by atoms with van der Waals surface area (Å²) < 4.78 is 9.65. The maximum atomic E-state index is 11.6. The Morgan fingerprint density at radius 2 is 1.89 bits per heavy atom. The number of hydrogen-bond donors (Lipinski definition) is 2. The van der Waals surface area contributed by atoms with Crippen molar-refractivity contribution in [1.82, 2.24) is 5.32 Å². The number of rotatable bonds is 6. The molecule has 0 spiro atoms. The Kier molecular flexibility index (Phi) is 5.81. The van der Waals surface area contributed by atoms with Gasteiger partial charge in [-0.3, -0.25) is 4.79 Å². The van der Waals surface area contributed by atoms with Crippen molar-refractivity contribution in [3.05, 3.63) is 24.3 Å². The predicted octanol–water partition coefficient (Wildman–Crippen LogP) is 0.785. The lowest BCUT2D eigenvalue weighted by atomic mass is 10.2. The molecule has 6 heteroatoms. The first kappa shape index (κ1) is 15.0. The molecule has 0 aliphatic rings. The lowest BCUT2D eigenvalue weighted by molar-refractivity contribution is -0.142. The molecule has 1 atom stereocenters. The monoisotopic (exact) mass is 266 g/mol. The van der Waals surface area contributed by atoms with Gasteiger partial charge in [-0.2, -0.15) is 0 Å². The fourth-order valence-electron chi connectivity index (χ4n) is 1.22. The number of carbonyl (C=O) groups is 2. The van der Waals surface area contributed by atoms with Gasteiger partial charge in [-0.25, -0.2) is 4.79 Å². The molecule has 0 radical (unpaired) electrons.